The van der Waals surface area contributed by atoms with Crippen molar-refractivity contribution in [3.05, 3.63) is 46.6 Å². The molecule has 0 aliphatic carbocycles. The SMILES string of the molecule is CC(C(=O)O)c1ccc(-c2cn3ccsc3n2)c(Cl)c1. The van der Waals surface area contributed by atoms with Crippen LogP contribution in [0.5, 0.6) is 0 Å². The molecule has 0 saturated heterocycles. The van der Waals surface area contributed by atoms with E-state index in [9.17, 15) is 4.79 Å². The summed E-state index contributed by atoms with van der Waals surface area (Å²) in [6.45, 7) is 1.64. The maximum absolute atomic E-state index is 11.0. The van der Waals surface area contributed by atoms with Gasteiger partial charge in [-0.15, -0.1) is 11.3 Å². The molecule has 1 aromatic carbocycles. The normalized spacial score (nSPS) is 12.7. The van der Waals surface area contributed by atoms with Crippen LogP contribution in [-0.2, 0) is 4.79 Å². The largest absolute Gasteiger partial charge is 0.481 e. The maximum atomic E-state index is 11.0. The third-order valence-electron chi connectivity index (χ3n) is 3.23. The van der Waals surface area contributed by atoms with Crippen molar-refractivity contribution in [1.29, 1.82) is 0 Å². The van der Waals surface area contributed by atoms with E-state index >= 15 is 0 Å². The fraction of sp³-hybridized carbons (Fsp3) is 0.143. The second kappa shape index (κ2) is 4.92. The fourth-order valence-electron chi connectivity index (χ4n) is 2.01. The Morgan fingerprint density at radius 2 is 2.30 bits per heavy atom. The van der Waals surface area contributed by atoms with Gasteiger partial charge in [-0.1, -0.05) is 23.7 Å². The van der Waals surface area contributed by atoms with Gasteiger partial charge in [-0.3, -0.25) is 9.20 Å². The van der Waals surface area contributed by atoms with Crippen LogP contribution in [-0.4, -0.2) is 20.5 Å². The van der Waals surface area contributed by atoms with Crippen LogP contribution in [0.2, 0.25) is 5.02 Å². The molecule has 102 valence electrons. The highest BCUT2D eigenvalue weighted by molar-refractivity contribution is 7.15. The first-order valence-corrected chi connectivity index (χ1v) is 7.27. The van der Waals surface area contributed by atoms with Crippen molar-refractivity contribution in [3.63, 3.8) is 0 Å². The molecule has 0 aliphatic heterocycles. The minimum atomic E-state index is -0.865. The first kappa shape index (κ1) is 13.1. The first-order valence-electron chi connectivity index (χ1n) is 6.01. The van der Waals surface area contributed by atoms with Crippen LogP contribution in [0.25, 0.3) is 16.2 Å². The standard InChI is InChI=1S/C14H11ClN2O2S/c1-8(13(18)19)9-2-3-10(11(15)6-9)12-7-17-4-5-20-14(17)16-12/h2-8H,1H3,(H,18,19). The summed E-state index contributed by atoms with van der Waals surface area (Å²) in [5.41, 5.74) is 2.28. The lowest BCUT2D eigenvalue weighted by Gasteiger charge is -2.08. The Hall–Kier alpha value is -1.85. The molecule has 0 aliphatic rings. The smallest absolute Gasteiger partial charge is 0.310 e. The molecular formula is C14H11ClN2O2S. The molecule has 0 amide bonds. The van der Waals surface area contributed by atoms with E-state index in [1.807, 2.05) is 28.2 Å². The van der Waals surface area contributed by atoms with E-state index in [4.69, 9.17) is 16.7 Å². The number of aromatic nitrogens is 2. The van der Waals surface area contributed by atoms with Crippen LogP contribution in [0.1, 0.15) is 18.4 Å². The number of rotatable bonds is 3. The molecular weight excluding hydrogens is 296 g/mol. The Kier molecular flexibility index (Phi) is 3.23. The zero-order valence-electron chi connectivity index (χ0n) is 10.6. The first-order chi connectivity index (χ1) is 9.56. The number of hydrogen-bond donors (Lipinski definition) is 1. The predicted octanol–water partition coefficient (Wildman–Crippen LogP) is 3.90. The molecule has 3 aromatic rings. The van der Waals surface area contributed by atoms with Crippen LogP contribution in [0.4, 0.5) is 0 Å². The molecule has 4 nitrogen and oxygen atoms in total. The maximum Gasteiger partial charge on any atom is 0.310 e. The molecule has 0 radical (unpaired) electrons. The van der Waals surface area contributed by atoms with E-state index in [0.717, 1.165) is 16.2 Å². The molecule has 6 heteroatoms. The highest BCUT2D eigenvalue weighted by Crippen LogP contribution is 2.31. The van der Waals surface area contributed by atoms with Crippen molar-refractivity contribution >= 4 is 33.9 Å². The van der Waals surface area contributed by atoms with E-state index in [-0.39, 0.29) is 0 Å². The minimum absolute atomic E-state index is 0.515. The minimum Gasteiger partial charge on any atom is -0.481 e. The number of thiazole rings is 1. The van der Waals surface area contributed by atoms with Gasteiger partial charge in [0.05, 0.1) is 16.6 Å². The summed E-state index contributed by atoms with van der Waals surface area (Å²) >= 11 is 7.82. The van der Waals surface area contributed by atoms with Crippen molar-refractivity contribution in [2.45, 2.75) is 12.8 Å². The highest BCUT2D eigenvalue weighted by Gasteiger charge is 2.16. The Labute approximate surface area is 124 Å². The number of carboxylic acid groups (broad SMARTS) is 1. The Bertz CT molecular complexity index is 765. The molecule has 1 N–H and O–H groups in total. The van der Waals surface area contributed by atoms with Crippen LogP contribution in [0.3, 0.4) is 0 Å². The molecule has 0 spiro atoms. The second-order valence-electron chi connectivity index (χ2n) is 4.52. The van der Waals surface area contributed by atoms with Gasteiger partial charge in [0.2, 0.25) is 0 Å². The number of benzene rings is 1. The number of hydrogen-bond acceptors (Lipinski definition) is 3. The van der Waals surface area contributed by atoms with Gasteiger partial charge in [0, 0.05) is 23.3 Å². The Morgan fingerprint density at radius 1 is 1.50 bits per heavy atom. The van der Waals surface area contributed by atoms with Crippen molar-refractivity contribution in [2.24, 2.45) is 0 Å². The van der Waals surface area contributed by atoms with Crippen LogP contribution >= 0.6 is 22.9 Å². The lowest BCUT2D eigenvalue weighted by Crippen LogP contribution is -2.07. The quantitative estimate of drug-likeness (QED) is 0.798. The van der Waals surface area contributed by atoms with Crippen LogP contribution in [0, 0.1) is 0 Å². The number of carboxylic acids is 1. The predicted molar refractivity (Wildman–Crippen MR) is 79.6 cm³/mol. The van der Waals surface area contributed by atoms with E-state index in [2.05, 4.69) is 4.98 Å². The van der Waals surface area contributed by atoms with Crippen molar-refractivity contribution in [2.75, 3.05) is 0 Å². The molecule has 0 bridgehead atoms. The molecule has 1 unspecified atom stereocenters. The summed E-state index contributed by atoms with van der Waals surface area (Å²) < 4.78 is 1.93. The third kappa shape index (κ3) is 2.19. The third-order valence-corrected chi connectivity index (χ3v) is 4.32. The molecule has 3 rings (SSSR count). The van der Waals surface area contributed by atoms with E-state index < -0.39 is 11.9 Å². The average molecular weight is 307 g/mol. The zero-order valence-corrected chi connectivity index (χ0v) is 12.1. The number of carbonyl (C=O) groups is 1. The van der Waals surface area contributed by atoms with Crippen molar-refractivity contribution < 1.29 is 9.90 Å². The van der Waals surface area contributed by atoms with Gasteiger partial charge in [0.25, 0.3) is 0 Å². The number of aliphatic carboxylic acids is 1. The monoisotopic (exact) mass is 306 g/mol. The number of fused-ring (bicyclic) bond motifs is 1. The summed E-state index contributed by atoms with van der Waals surface area (Å²) in [6, 6.07) is 5.31. The highest BCUT2D eigenvalue weighted by atomic mass is 35.5. The lowest BCUT2D eigenvalue weighted by molar-refractivity contribution is -0.138. The molecule has 0 saturated carbocycles. The van der Waals surface area contributed by atoms with Crippen LogP contribution in [0.15, 0.2) is 36.0 Å². The summed E-state index contributed by atoms with van der Waals surface area (Å²) in [5.74, 6) is -1.44. The molecule has 1 atom stereocenters. The van der Waals surface area contributed by atoms with Gasteiger partial charge in [0.1, 0.15) is 0 Å². The topological polar surface area (TPSA) is 54.6 Å². The van der Waals surface area contributed by atoms with E-state index in [1.165, 1.54) is 0 Å². The Balaban J connectivity index is 2.02. The van der Waals surface area contributed by atoms with E-state index in [0.29, 0.717) is 10.6 Å². The van der Waals surface area contributed by atoms with Gasteiger partial charge in [0.15, 0.2) is 4.96 Å². The van der Waals surface area contributed by atoms with Gasteiger partial charge in [-0.05, 0) is 18.6 Å². The number of imidazole rings is 1. The van der Waals surface area contributed by atoms with Gasteiger partial charge in [-0.25, -0.2) is 4.98 Å². The van der Waals surface area contributed by atoms with Crippen molar-refractivity contribution in [1.82, 2.24) is 9.38 Å². The number of nitrogens with zero attached hydrogens (tertiary/aromatic N) is 2. The summed E-state index contributed by atoms with van der Waals surface area (Å²) in [6.07, 6.45) is 3.85. The number of halogens is 1. The van der Waals surface area contributed by atoms with Crippen molar-refractivity contribution in [3.8, 4) is 11.3 Å². The van der Waals surface area contributed by atoms with Gasteiger partial charge < -0.3 is 5.11 Å². The molecule has 2 heterocycles. The average Bonchev–Trinajstić information content (AvgIpc) is 2.98. The zero-order chi connectivity index (χ0) is 14.3. The van der Waals surface area contributed by atoms with Crippen LogP contribution < -0.4 is 0 Å². The lowest BCUT2D eigenvalue weighted by atomic mass is 9.99. The molecule has 2 aromatic heterocycles. The molecule has 20 heavy (non-hydrogen) atoms. The van der Waals surface area contributed by atoms with E-state index in [1.54, 1.807) is 30.4 Å². The summed E-state index contributed by atoms with van der Waals surface area (Å²) in [5, 5.41) is 11.5. The summed E-state index contributed by atoms with van der Waals surface area (Å²) in [4.78, 5) is 16.4. The Morgan fingerprint density at radius 3 is 2.95 bits per heavy atom. The molecule has 0 fully saturated rings. The van der Waals surface area contributed by atoms with Gasteiger partial charge >= 0.3 is 5.97 Å². The van der Waals surface area contributed by atoms with Gasteiger partial charge in [-0.2, -0.15) is 0 Å². The fourth-order valence-corrected chi connectivity index (χ4v) is 2.99. The summed E-state index contributed by atoms with van der Waals surface area (Å²) in [7, 11) is 0. The second-order valence-corrected chi connectivity index (χ2v) is 5.80.